The minimum Gasteiger partial charge on any atom is -0.462 e. The molecule has 0 aliphatic carbocycles. The molecule has 4 nitrogen and oxygen atoms in total. The predicted molar refractivity (Wildman–Crippen MR) is 52.8 cm³/mol. The van der Waals surface area contributed by atoms with E-state index in [0.29, 0.717) is 13.0 Å². The van der Waals surface area contributed by atoms with E-state index < -0.39 is 6.04 Å². The van der Waals surface area contributed by atoms with Crippen LogP contribution >= 0.6 is 0 Å². The average molecular weight is 201 g/mol. The van der Waals surface area contributed by atoms with E-state index in [-0.39, 0.29) is 12.1 Å². The molecule has 1 aliphatic rings. The van der Waals surface area contributed by atoms with Crippen LogP contribution < -0.4 is 5.73 Å². The summed E-state index contributed by atoms with van der Waals surface area (Å²) in [7, 11) is 0. The van der Waals surface area contributed by atoms with Crippen LogP contribution in [-0.2, 0) is 14.3 Å². The molecule has 0 amide bonds. The van der Waals surface area contributed by atoms with Gasteiger partial charge >= 0.3 is 5.97 Å². The second kappa shape index (κ2) is 5.98. The van der Waals surface area contributed by atoms with E-state index in [1.165, 1.54) is 0 Å². The summed E-state index contributed by atoms with van der Waals surface area (Å²) in [6, 6.07) is -0.471. The van der Waals surface area contributed by atoms with E-state index in [4.69, 9.17) is 15.2 Å². The van der Waals surface area contributed by atoms with Crippen LogP contribution in [0.2, 0.25) is 0 Å². The molecule has 0 bridgehead atoms. The first-order valence-corrected chi connectivity index (χ1v) is 5.28. The van der Waals surface area contributed by atoms with Crippen LogP contribution in [0, 0.1) is 0 Å². The van der Waals surface area contributed by atoms with Crippen molar-refractivity contribution in [1.29, 1.82) is 0 Å². The van der Waals surface area contributed by atoms with E-state index in [1.54, 1.807) is 0 Å². The van der Waals surface area contributed by atoms with E-state index >= 15 is 0 Å². The van der Waals surface area contributed by atoms with Crippen LogP contribution in [0.25, 0.3) is 0 Å². The Morgan fingerprint density at radius 3 is 3.07 bits per heavy atom. The van der Waals surface area contributed by atoms with E-state index in [1.807, 2.05) is 6.92 Å². The van der Waals surface area contributed by atoms with Crippen LogP contribution in [0.4, 0.5) is 0 Å². The van der Waals surface area contributed by atoms with Gasteiger partial charge in [-0.15, -0.1) is 0 Å². The maximum Gasteiger partial charge on any atom is 0.322 e. The lowest BCUT2D eigenvalue weighted by Gasteiger charge is -2.13. The summed E-state index contributed by atoms with van der Waals surface area (Å²) in [6.07, 6.45) is 3.72. The van der Waals surface area contributed by atoms with Gasteiger partial charge in [-0.1, -0.05) is 13.3 Å². The lowest BCUT2D eigenvalue weighted by atomic mass is 10.2. The van der Waals surface area contributed by atoms with Gasteiger partial charge in [0.05, 0.1) is 6.10 Å². The van der Waals surface area contributed by atoms with Crippen LogP contribution in [0.3, 0.4) is 0 Å². The third kappa shape index (κ3) is 3.64. The van der Waals surface area contributed by atoms with Crippen molar-refractivity contribution in [2.24, 2.45) is 5.73 Å². The second-order valence-corrected chi connectivity index (χ2v) is 3.66. The minimum absolute atomic E-state index is 0.0905. The van der Waals surface area contributed by atoms with Crippen LogP contribution in [-0.4, -0.2) is 31.3 Å². The molecule has 1 aliphatic heterocycles. The molecule has 1 fully saturated rings. The molecule has 0 aromatic heterocycles. The molecule has 2 unspecified atom stereocenters. The summed E-state index contributed by atoms with van der Waals surface area (Å²) in [5.74, 6) is -0.303. The molecule has 4 heteroatoms. The minimum atomic E-state index is -0.471. The van der Waals surface area contributed by atoms with Gasteiger partial charge in [0.1, 0.15) is 12.6 Å². The molecule has 0 radical (unpaired) electrons. The Morgan fingerprint density at radius 2 is 2.50 bits per heavy atom. The molecule has 1 rings (SSSR count). The summed E-state index contributed by atoms with van der Waals surface area (Å²) in [6.45, 7) is 3.13. The largest absolute Gasteiger partial charge is 0.462 e. The van der Waals surface area contributed by atoms with Gasteiger partial charge < -0.3 is 15.2 Å². The van der Waals surface area contributed by atoms with Gasteiger partial charge in [0.15, 0.2) is 0 Å². The van der Waals surface area contributed by atoms with Crippen LogP contribution in [0.15, 0.2) is 0 Å². The number of esters is 1. The number of carbonyl (C=O) groups is 1. The summed E-state index contributed by atoms with van der Waals surface area (Å²) >= 11 is 0. The highest BCUT2D eigenvalue weighted by molar-refractivity contribution is 5.75. The molecular formula is C10H19NO3. The zero-order valence-electron chi connectivity index (χ0n) is 8.70. The molecular weight excluding hydrogens is 182 g/mol. The number of hydrogen-bond acceptors (Lipinski definition) is 4. The van der Waals surface area contributed by atoms with Gasteiger partial charge in [-0.2, -0.15) is 0 Å². The number of ether oxygens (including phenoxy) is 2. The van der Waals surface area contributed by atoms with Gasteiger partial charge in [0.2, 0.25) is 0 Å². The van der Waals surface area contributed by atoms with Crippen molar-refractivity contribution in [2.45, 2.75) is 44.8 Å². The Labute approximate surface area is 84.7 Å². The monoisotopic (exact) mass is 201 g/mol. The van der Waals surface area contributed by atoms with Crippen molar-refractivity contribution < 1.29 is 14.3 Å². The lowest BCUT2D eigenvalue weighted by Crippen LogP contribution is -2.33. The molecule has 0 aromatic rings. The van der Waals surface area contributed by atoms with Crippen molar-refractivity contribution in [3.05, 3.63) is 0 Å². The van der Waals surface area contributed by atoms with Gasteiger partial charge in [-0.3, -0.25) is 4.79 Å². The highest BCUT2D eigenvalue weighted by atomic mass is 16.6. The van der Waals surface area contributed by atoms with Gasteiger partial charge in [-0.25, -0.2) is 0 Å². The smallest absolute Gasteiger partial charge is 0.322 e. The maximum absolute atomic E-state index is 11.3. The Balaban J connectivity index is 2.13. The van der Waals surface area contributed by atoms with Gasteiger partial charge in [-0.05, 0) is 19.3 Å². The molecule has 2 atom stereocenters. The summed E-state index contributed by atoms with van der Waals surface area (Å²) in [5, 5.41) is 0. The maximum atomic E-state index is 11.3. The first-order valence-electron chi connectivity index (χ1n) is 5.28. The normalized spacial score (nSPS) is 23.4. The fraction of sp³-hybridized carbons (Fsp3) is 0.900. The third-order valence-electron chi connectivity index (χ3n) is 2.34. The molecule has 2 N–H and O–H groups in total. The fourth-order valence-electron chi connectivity index (χ4n) is 1.49. The molecule has 82 valence electrons. The lowest BCUT2D eigenvalue weighted by molar-refractivity contribution is -0.148. The van der Waals surface area contributed by atoms with Crippen molar-refractivity contribution in [3.63, 3.8) is 0 Å². The number of rotatable bonds is 5. The van der Waals surface area contributed by atoms with Crippen molar-refractivity contribution in [1.82, 2.24) is 0 Å². The summed E-state index contributed by atoms with van der Waals surface area (Å²) in [5.41, 5.74) is 5.60. The Hall–Kier alpha value is -0.610. The standard InChI is InChI=1S/C10H19NO3/c1-2-4-9(11)10(12)14-7-8-5-3-6-13-8/h8-9H,2-7,11H2,1H3. The molecule has 0 spiro atoms. The zero-order valence-corrected chi connectivity index (χ0v) is 8.70. The molecule has 14 heavy (non-hydrogen) atoms. The van der Waals surface area contributed by atoms with Crippen LogP contribution in [0.5, 0.6) is 0 Å². The predicted octanol–water partition coefficient (Wildman–Crippen LogP) is 0.836. The fourth-order valence-corrected chi connectivity index (χ4v) is 1.49. The average Bonchev–Trinajstić information content (AvgIpc) is 2.67. The van der Waals surface area contributed by atoms with Crippen molar-refractivity contribution >= 4 is 5.97 Å². The molecule has 0 saturated carbocycles. The van der Waals surface area contributed by atoms with E-state index in [2.05, 4.69) is 0 Å². The highest BCUT2D eigenvalue weighted by Gasteiger charge is 2.19. The van der Waals surface area contributed by atoms with Gasteiger partial charge in [0, 0.05) is 6.61 Å². The third-order valence-corrected chi connectivity index (χ3v) is 2.34. The Kier molecular flexibility index (Phi) is 4.90. The SMILES string of the molecule is CCCC(N)C(=O)OCC1CCCO1. The Morgan fingerprint density at radius 1 is 1.71 bits per heavy atom. The topological polar surface area (TPSA) is 61.6 Å². The highest BCUT2D eigenvalue weighted by Crippen LogP contribution is 2.12. The van der Waals surface area contributed by atoms with E-state index in [0.717, 1.165) is 25.9 Å². The van der Waals surface area contributed by atoms with Gasteiger partial charge in [0.25, 0.3) is 0 Å². The first kappa shape index (κ1) is 11.5. The summed E-state index contributed by atoms with van der Waals surface area (Å²) < 4.78 is 10.4. The quantitative estimate of drug-likeness (QED) is 0.669. The number of nitrogens with two attached hydrogens (primary N) is 1. The molecule has 1 saturated heterocycles. The molecule has 1 heterocycles. The summed E-state index contributed by atoms with van der Waals surface area (Å²) in [4.78, 5) is 11.3. The van der Waals surface area contributed by atoms with Crippen molar-refractivity contribution in [2.75, 3.05) is 13.2 Å². The molecule has 0 aromatic carbocycles. The van der Waals surface area contributed by atoms with E-state index in [9.17, 15) is 4.79 Å². The number of carbonyl (C=O) groups excluding carboxylic acids is 1. The number of hydrogen-bond donors (Lipinski definition) is 1. The van der Waals surface area contributed by atoms with Crippen molar-refractivity contribution in [3.8, 4) is 0 Å². The first-order chi connectivity index (χ1) is 6.74. The Bertz CT molecular complexity index is 178. The zero-order chi connectivity index (χ0) is 10.4. The second-order valence-electron chi connectivity index (χ2n) is 3.66. The van der Waals surface area contributed by atoms with Crippen LogP contribution in [0.1, 0.15) is 32.6 Å².